The number of methoxy groups -OCH3 is 1. The topological polar surface area (TPSA) is 77.5 Å². The van der Waals surface area contributed by atoms with Gasteiger partial charge in [-0.15, -0.1) is 0 Å². The fraction of sp³-hybridized carbons (Fsp3) is 0.381. The summed E-state index contributed by atoms with van der Waals surface area (Å²) in [5.41, 5.74) is 0.193. The summed E-state index contributed by atoms with van der Waals surface area (Å²) in [5.74, 6) is -0.0734. The van der Waals surface area contributed by atoms with Crippen LogP contribution in [0.1, 0.15) is 36.0 Å². The van der Waals surface area contributed by atoms with Gasteiger partial charge >= 0.3 is 0 Å². The van der Waals surface area contributed by atoms with Crippen LogP contribution >= 0.6 is 11.6 Å². The van der Waals surface area contributed by atoms with Crippen molar-refractivity contribution in [2.45, 2.75) is 31.2 Å². The molecule has 0 aliphatic heterocycles. The van der Waals surface area contributed by atoms with Crippen LogP contribution in [0.25, 0.3) is 0 Å². The smallest absolute Gasteiger partial charge is 0.253 e. The van der Waals surface area contributed by atoms with Gasteiger partial charge in [-0.05, 0) is 42.9 Å². The summed E-state index contributed by atoms with van der Waals surface area (Å²) in [4.78, 5) is 28.7. The Labute approximate surface area is 172 Å². The third-order valence-electron chi connectivity index (χ3n) is 5.59. The largest absolute Gasteiger partial charge is 0.486 e. The van der Waals surface area contributed by atoms with Crippen LogP contribution in [0.4, 0.5) is 4.39 Å². The molecule has 3 aliphatic rings. The molecule has 1 amide bonds. The van der Waals surface area contributed by atoms with Crippen LogP contribution < -0.4 is 14.8 Å². The molecule has 6 nitrogen and oxygen atoms in total. The van der Waals surface area contributed by atoms with Gasteiger partial charge in [0.25, 0.3) is 5.91 Å². The lowest BCUT2D eigenvalue weighted by Crippen LogP contribution is -2.75. The Morgan fingerprint density at radius 1 is 1.24 bits per heavy atom. The number of hydrogen-bond donors (Lipinski definition) is 1. The van der Waals surface area contributed by atoms with Crippen molar-refractivity contribution in [3.05, 3.63) is 52.9 Å². The highest BCUT2D eigenvalue weighted by molar-refractivity contribution is 6.30. The van der Waals surface area contributed by atoms with Crippen LogP contribution in [0, 0.1) is 11.2 Å². The van der Waals surface area contributed by atoms with Crippen LogP contribution in [-0.2, 0) is 4.79 Å². The quantitative estimate of drug-likeness (QED) is 0.709. The average Bonchev–Trinajstić information content (AvgIpc) is 2.66. The molecule has 2 aromatic rings. The summed E-state index contributed by atoms with van der Waals surface area (Å²) < 4.78 is 23.8. The first kappa shape index (κ1) is 19.6. The Morgan fingerprint density at radius 2 is 2.00 bits per heavy atom. The number of aromatic nitrogens is 1. The highest BCUT2D eigenvalue weighted by Crippen LogP contribution is 2.69. The monoisotopic (exact) mass is 418 g/mol. The molecule has 0 unspecified atom stereocenters. The van der Waals surface area contributed by atoms with Crippen LogP contribution in [0.2, 0.25) is 5.02 Å². The van der Waals surface area contributed by atoms with Crippen molar-refractivity contribution in [2.24, 2.45) is 5.41 Å². The number of amides is 1. The molecule has 0 atom stereocenters. The van der Waals surface area contributed by atoms with E-state index in [1.807, 2.05) is 0 Å². The maximum absolute atomic E-state index is 13.4. The van der Waals surface area contributed by atoms with Crippen LogP contribution in [0.3, 0.4) is 0 Å². The summed E-state index contributed by atoms with van der Waals surface area (Å²) in [6, 6.07) is 7.39. The third kappa shape index (κ3) is 3.92. The number of rotatable bonds is 8. The van der Waals surface area contributed by atoms with Gasteiger partial charge in [0.2, 0.25) is 5.88 Å². The highest BCUT2D eigenvalue weighted by Gasteiger charge is 2.68. The molecule has 1 N–H and O–H groups in total. The second kappa shape index (κ2) is 7.30. The van der Waals surface area contributed by atoms with E-state index >= 15 is 0 Å². The van der Waals surface area contributed by atoms with Crippen LogP contribution in [0.15, 0.2) is 36.5 Å². The predicted octanol–water partition coefficient (Wildman–Crippen LogP) is 3.57. The number of nitrogens with zero attached hydrogens (tertiary/aromatic N) is 1. The van der Waals surface area contributed by atoms with E-state index in [9.17, 15) is 14.0 Å². The molecule has 152 valence electrons. The Morgan fingerprint density at radius 3 is 2.62 bits per heavy atom. The second-order valence-corrected chi connectivity index (χ2v) is 8.34. The van der Waals surface area contributed by atoms with Crippen molar-refractivity contribution in [1.29, 1.82) is 0 Å². The van der Waals surface area contributed by atoms with Gasteiger partial charge in [0.15, 0.2) is 5.78 Å². The standard InChI is InChI=1S/C21H20ClFN2O4/c1-28-18-5-2-13(8-24-18)19(27)25-21-10-20(11-21,12-21)7-14(26)9-29-15-3-4-16(22)17(23)6-15/h2-6,8H,7,9-12H2,1H3,(H,25,27). The zero-order valence-corrected chi connectivity index (χ0v) is 16.6. The maximum atomic E-state index is 13.4. The summed E-state index contributed by atoms with van der Waals surface area (Å²) in [6.07, 6.45) is 4.20. The molecule has 1 aromatic heterocycles. The Balaban J connectivity index is 1.23. The molecular weight excluding hydrogens is 399 g/mol. The Hall–Kier alpha value is -2.67. The number of halogens is 2. The number of carbonyl (C=O) groups excluding carboxylic acids is 2. The molecule has 3 aliphatic carbocycles. The average molecular weight is 419 g/mol. The van der Waals surface area contributed by atoms with E-state index in [1.54, 1.807) is 12.1 Å². The predicted molar refractivity (Wildman–Crippen MR) is 104 cm³/mol. The number of ether oxygens (including phenoxy) is 2. The van der Waals surface area contributed by atoms with E-state index < -0.39 is 5.82 Å². The zero-order chi connectivity index (χ0) is 20.6. The molecule has 2 bridgehead atoms. The van der Waals surface area contributed by atoms with E-state index in [1.165, 1.54) is 25.4 Å². The molecule has 3 fully saturated rings. The molecule has 0 spiro atoms. The lowest BCUT2D eigenvalue weighted by atomic mass is 9.38. The van der Waals surface area contributed by atoms with Crippen molar-refractivity contribution in [1.82, 2.24) is 10.3 Å². The number of pyridine rings is 1. The van der Waals surface area contributed by atoms with E-state index in [0.717, 1.165) is 25.3 Å². The molecular formula is C21H20ClFN2O4. The van der Waals surface area contributed by atoms with Gasteiger partial charge in [0.05, 0.1) is 17.7 Å². The van der Waals surface area contributed by atoms with Gasteiger partial charge in [0.1, 0.15) is 18.2 Å². The summed E-state index contributed by atoms with van der Waals surface area (Å²) in [7, 11) is 1.52. The van der Waals surface area contributed by atoms with Gasteiger partial charge in [0, 0.05) is 30.3 Å². The summed E-state index contributed by atoms with van der Waals surface area (Å²) in [6.45, 7) is -0.111. The van der Waals surface area contributed by atoms with E-state index in [0.29, 0.717) is 17.9 Å². The van der Waals surface area contributed by atoms with Gasteiger partial charge in [-0.1, -0.05) is 11.6 Å². The van der Waals surface area contributed by atoms with E-state index in [-0.39, 0.29) is 40.0 Å². The number of nitrogens with one attached hydrogen (secondary N) is 1. The van der Waals surface area contributed by atoms with Crippen LogP contribution in [0.5, 0.6) is 11.6 Å². The van der Waals surface area contributed by atoms with Crippen LogP contribution in [-0.4, -0.2) is 35.9 Å². The highest BCUT2D eigenvalue weighted by atomic mass is 35.5. The van der Waals surface area contributed by atoms with Gasteiger partial charge < -0.3 is 14.8 Å². The Kier molecular flexibility index (Phi) is 4.94. The molecule has 5 rings (SSSR count). The molecule has 3 saturated carbocycles. The van der Waals surface area contributed by atoms with E-state index in [4.69, 9.17) is 21.1 Å². The number of carbonyl (C=O) groups is 2. The minimum atomic E-state index is -0.583. The third-order valence-corrected chi connectivity index (χ3v) is 5.90. The van der Waals surface area contributed by atoms with E-state index in [2.05, 4.69) is 10.3 Å². The minimum absolute atomic E-state index is 0.00955. The summed E-state index contributed by atoms with van der Waals surface area (Å²) >= 11 is 5.63. The van der Waals surface area contributed by atoms with Gasteiger partial charge in [-0.25, -0.2) is 9.37 Å². The van der Waals surface area contributed by atoms with Gasteiger partial charge in [-0.3, -0.25) is 9.59 Å². The first-order valence-corrected chi connectivity index (χ1v) is 9.62. The number of Topliss-reactive ketones (excluding diaryl/α,β-unsaturated/α-hetero) is 1. The zero-order valence-electron chi connectivity index (χ0n) is 15.8. The normalized spacial score (nSPS) is 24.1. The fourth-order valence-electron chi connectivity index (χ4n) is 4.47. The van der Waals surface area contributed by atoms with Crippen molar-refractivity contribution < 1.29 is 23.5 Å². The fourth-order valence-corrected chi connectivity index (χ4v) is 4.58. The number of hydrogen-bond acceptors (Lipinski definition) is 5. The second-order valence-electron chi connectivity index (χ2n) is 7.93. The molecule has 1 aromatic carbocycles. The molecule has 0 saturated heterocycles. The van der Waals surface area contributed by atoms with Crippen molar-refractivity contribution >= 4 is 23.3 Å². The van der Waals surface area contributed by atoms with Crippen molar-refractivity contribution in [3.8, 4) is 11.6 Å². The molecule has 29 heavy (non-hydrogen) atoms. The minimum Gasteiger partial charge on any atom is -0.486 e. The van der Waals surface area contributed by atoms with Crippen molar-refractivity contribution in [3.63, 3.8) is 0 Å². The molecule has 0 radical (unpaired) electrons. The SMILES string of the molecule is COc1ccc(C(=O)NC23CC(CC(=O)COc4ccc(Cl)c(F)c4)(C2)C3)cn1. The lowest BCUT2D eigenvalue weighted by molar-refractivity contribution is -0.162. The number of ketones is 1. The molecule has 1 heterocycles. The maximum Gasteiger partial charge on any atom is 0.253 e. The van der Waals surface area contributed by atoms with Gasteiger partial charge in [-0.2, -0.15) is 0 Å². The Bertz CT molecular complexity index is 944. The summed E-state index contributed by atoms with van der Waals surface area (Å²) in [5, 5.41) is 3.07. The first-order chi connectivity index (χ1) is 13.8. The number of benzene rings is 1. The molecule has 8 heteroatoms. The lowest BCUT2D eigenvalue weighted by Gasteiger charge is -2.70. The van der Waals surface area contributed by atoms with Crippen molar-refractivity contribution in [2.75, 3.05) is 13.7 Å². The first-order valence-electron chi connectivity index (χ1n) is 9.24.